The van der Waals surface area contributed by atoms with Crippen molar-refractivity contribution >= 4 is 39.5 Å². The summed E-state index contributed by atoms with van der Waals surface area (Å²) in [6, 6.07) is 2.15. The van der Waals surface area contributed by atoms with Crippen molar-refractivity contribution in [1.29, 1.82) is 0 Å². The van der Waals surface area contributed by atoms with Gasteiger partial charge in [0, 0.05) is 23.2 Å². The van der Waals surface area contributed by atoms with E-state index in [0.717, 1.165) is 28.7 Å². The zero-order valence-corrected chi connectivity index (χ0v) is 16.0. The third kappa shape index (κ3) is 4.22. The molecule has 7 nitrogen and oxygen atoms in total. The van der Waals surface area contributed by atoms with Crippen molar-refractivity contribution in [2.45, 2.75) is 33.1 Å². The molecule has 0 atom stereocenters. The Morgan fingerprint density at radius 2 is 1.81 bits per heavy atom. The fraction of sp³-hybridized carbons (Fsp3) is 0.333. The van der Waals surface area contributed by atoms with Crippen LogP contribution >= 0.6 is 22.9 Å². The minimum atomic E-state index is -0.933. The molecule has 0 radical (unpaired) electrons. The minimum absolute atomic E-state index is 0.154. The van der Waals surface area contributed by atoms with Crippen molar-refractivity contribution in [2.75, 3.05) is 5.32 Å². The molecule has 3 aromatic heterocycles. The first-order chi connectivity index (χ1) is 12.2. The van der Waals surface area contributed by atoms with E-state index in [2.05, 4.69) is 35.1 Å². The molecule has 0 aliphatic rings. The molecule has 0 saturated carbocycles. The summed E-state index contributed by atoms with van der Waals surface area (Å²) in [5.41, 5.74) is 0.650. The standard InChI is InChI=1S/C15H15F2N7S2/c1-7-11(26-24-21-7)12(18-8-5-9(16)19-10(17)6-8)20-14-23-22-13(25-14)15(2,3)4/h5-6H,1-4H3,(H,18,19,20,23). The molecule has 26 heavy (non-hydrogen) atoms. The summed E-state index contributed by atoms with van der Waals surface area (Å²) in [4.78, 5) is 8.18. The van der Waals surface area contributed by atoms with Gasteiger partial charge >= 0.3 is 0 Å². The summed E-state index contributed by atoms with van der Waals surface area (Å²) in [5, 5.41) is 16.3. The molecule has 0 amide bonds. The zero-order chi connectivity index (χ0) is 18.9. The Labute approximate surface area is 156 Å². The predicted molar refractivity (Wildman–Crippen MR) is 97.2 cm³/mol. The summed E-state index contributed by atoms with van der Waals surface area (Å²) >= 11 is 2.46. The van der Waals surface area contributed by atoms with Crippen LogP contribution in [-0.2, 0) is 5.41 Å². The van der Waals surface area contributed by atoms with E-state index in [-0.39, 0.29) is 11.1 Å². The van der Waals surface area contributed by atoms with E-state index in [1.54, 1.807) is 6.92 Å². The first kappa shape index (κ1) is 18.4. The number of aryl methyl sites for hydroxylation is 1. The topological polar surface area (TPSA) is 88.8 Å². The number of amidine groups is 1. The number of aromatic nitrogens is 5. The van der Waals surface area contributed by atoms with Crippen LogP contribution in [0.25, 0.3) is 0 Å². The van der Waals surface area contributed by atoms with Gasteiger partial charge in [-0.1, -0.05) is 36.6 Å². The van der Waals surface area contributed by atoms with Gasteiger partial charge in [0.25, 0.3) is 0 Å². The second-order valence-corrected chi connectivity index (χ2v) is 8.12. The SMILES string of the molecule is Cc1nnsc1/C(=N\c1nnc(C(C)(C)C)s1)Nc1cc(F)nc(F)c1. The Morgan fingerprint density at radius 1 is 1.12 bits per heavy atom. The lowest BCUT2D eigenvalue weighted by atomic mass is 9.98. The van der Waals surface area contributed by atoms with Crippen molar-refractivity contribution in [3.63, 3.8) is 0 Å². The number of rotatable bonds is 3. The lowest BCUT2D eigenvalue weighted by Crippen LogP contribution is -2.14. The highest BCUT2D eigenvalue weighted by Gasteiger charge is 2.20. The highest BCUT2D eigenvalue weighted by Crippen LogP contribution is 2.30. The van der Waals surface area contributed by atoms with Crippen molar-refractivity contribution in [3.8, 4) is 0 Å². The summed E-state index contributed by atoms with van der Waals surface area (Å²) in [6.07, 6.45) is 0. The van der Waals surface area contributed by atoms with E-state index >= 15 is 0 Å². The normalized spacial score (nSPS) is 12.5. The third-order valence-electron chi connectivity index (χ3n) is 3.16. The van der Waals surface area contributed by atoms with Gasteiger partial charge in [-0.15, -0.1) is 15.3 Å². The fourth-order valence-corrected chi connectivity index (χ4v) is 3.30. The van der Waals surface area contributed by atoms with Gasteiger partial charge in [-0.2, -0.15) is 18.8 Å². The quantitative estimate of drug-likeness (QED) is 0.412. The number of nitrogens with zero attached hydrogens (tertiary/aromatic N) is 6. The largest absolute Gasteiger partial charge is 0.339 e. The average molecular weight is 395 g/mol. The van der Waals surface area contributed by atoms with Crippen molar-refractivity contribution in [2.24, 2.45) is 4.99 Å². The van der Waals surface area contributed by atoms with Crippen LogP contribution < -0.4 is 5.32 Å². The van der Waals surface area contributed by atoms with Gasteiger partial charge in [0.1, 0.15) is 9.88 Å². The molecule has 0 unspecified atom stereocenters. The van der Waals surface area contributed by atoms with Gasteiger partial charge in [0.2, 0.25) is 17.0 Å². The Balaban J connectivity index is 2.01. The van der Waals surface area contributed by atoms with E-state index in [0.29, 0.717) is 21.5 Å². The fourth-order valence-electron chi connectivity index (χ4n) is 1.92. The summed E-state index contributed by atoms with van der Waals surface area (Å²) in [7, 11) is 0. The van der Waals surface area contributed by atoms with Crippen LogP contribution in [0.4, 0.5) is 19.6 Å². The maximum atomic E-state index is 13.4. The van der Waals surface area contributed by atoms with Crippen LogP contribution in [0, 0.1) is 18.8 Å². The van der Waals surface area contributed by atoms with E-state index < -0.39 is 11.9 Å². The molecule has 0 bridgehead atoms. The molecule has 0 aliphatic heterocycles. The number of hydrogen-bond acceptors (Lipinski definition) is 8. The van der Waals surface area contributed by atoms with Crippen LogP contribution in [0.5, 0.6) is 0 Å². The number of aliphatic imine (C=N–C) groups is 1. The highest BCUT2D eigenvalue weighted by molar-refractivity contribution is 7.15. The first-order valence-electron chi connectivity index (χ1n) is 7.54. The molecule has 136 valence electrons. The average Bonchev–Trinajstić information content (AvgIpc) is 3.14. The molecule has 3 rings (SSSR count). The molecule has 3 aromatic rings. The molecule has 1 N–H and O–H groups in total. The molecule has 0 aliphatic carbocycles. The summed E-state index contributed by atoms with van der Waals surface area (Å²) in [5.74, 6) is -1.53. The number of anilines is 1. The molecule has 11 heteroatoms. The van der Waals surface area contributed by atoms with Gasteiger partial charge in [-0.25, -0.2) is 0 Å². The van der Waals surface area contributed by atoms with E-state index in [1.165, 1.54) is 11.3 Å². The maximum absolute atomic E-state index is 13.4. The van der Waals surface area contributed by atoms with Crippen LogP contribution in [0.2, 0.25) is 0 Å². The molecule has 0 spiro atoms. The Kier molecular flexibility index (Phi) is 5.01. The lowest BCUT2D eigenvalue weighted by molar-refractivity contribution is 0.514. The maximum Gasteiger partial charge on any atom is 0.233 e. The first-order valence-corrected chi connectivity index (χ1v) is 9.13. The Hall–Kier alpha value is -2.40. The smallest absolute Gasteiger partial charge is 0.233 e. The number of pyridine rings is 1. The van der Waals surface area contributed by atoms with E-state index in [1.807, 2.05) is 20.8 Å². The Bertz CT molecular complexity index is 939. The minimum Gasteiger partial charge on any atom is -0.339 e. The number of halogens is 2. The van der Waals surface area contributed by atoms with Gasteiger partial charge < -0.3 is 5.32 Å². The number of nitrogens with one attached hydrogen (secondary N) is 1. The van der Waals surface area contributed by atoms with Crippen LogP contribution in [0.15, 0.2) is 17.1 Å². The molecule has 0 aromatic carbocycles. The Morgan fingerprint density at radius 3 is 2.35 bits per heavy atom. The summed E-state index contributed by atoms with van der Waals surface area (Å²) in [6.45, 7) is 7.85. The lowest BCUT2D eigenvalue weighted by Gasteiger charge is -2.12. The van der Waals surface area contributed by atoms with Gasteiger partial charge in [-0.3, -0.25) is 0 Å². The van der Waals surface area contributed by atoms with E-state index in [9.17, 15) is 8.78 Å². The highest BCUT2D eigenvalue weighted by atomic mass is 32.1. The summed E-state index contributed by atoms with van der Waals surface area (Å²) < 4.78 is 30.7. The predicted octanol–water partition coefficient (Wildman–Crippen LogP) is 3.86. The van der Waals surface area contributed by atoms with Gasteiger partial charge in [-0.05, 0) is 18.5 Å². The monoisotopic (exact) mass is 395 g/mol. The van der Waals surface area contributed by atoms with Crippen molar-refractivity contribution in [1.82, 2.24) is 24.8 Å². The number of hydrogen-bond donors (Lipinski definition) is 1. The second-order valence-electron chi connectivity index (χ2n) is 6.41. The molecular formula is C15H15F2N7S2. The van der Waals surface area contributed by atoms with Gasteiger partial charge in [0.15, 0.2) is 5.84 Å². The zero-order valence-electron chi connectivity index (χ0n) is 14.4. The second kappa shape index (κ2) is 7.08. The van der Waals surface area contributed by atoms with Crippen LogP contribution in [0.1, 0.15) is 36.3 Å². The van der Waals surface area contributed by atoms with Crippen molar-refractivity contribution in [3.05, 3.63) is 39.6 Å². The third-order valence-corrected chi connectivity index (χ3v) is 5.23. The van der Waals surface area contributed by atoms with Crippen molar-refractivity contribution < 1.29 is 8.78 Å². The molecule has 0 fully saturated rings. The van der Waals surface area contributed by atoms with Crippen LogP contribution in [0.3, 0.4) is 0 Å². The molecule has 0 saturated heterocycles. The molecule has 3 heterocycles. The van der Waals surface area contributed by atoms with E-state index in [4.69, 9.17) is 0 Å². The molecular weight excluding hydrogens is 380 g/mol. The van der Waals surface area contributed by atoms with Crippen LogP contribution in [-0.4, -0.2) is 30.6 Å². The van der Waals surface area contributed by atoms with Gasteiger partial charge in [0.05, 0.1) is 5.69 Å².